The van der Waals surface area contributed by atoms with Crippen molar-refractivity contribution in [1.82, 2.24) is 10.4 Å². The van der Waals surface area contributed by atoms with Crippen molar-refractivity contribution < 1.29 is 4.79 Å². The molecule has 5 heteroatoms. The van der Waals surface area contributed by atoms with Crippen molar-refractivity contribution in [2.75, 3.05) is 19.4 Å². The van der Waals surface area contributed by atoms with Crippen LogP contribution in [-0.2, 0) is 0 Å². The molecule has 15 heavy (non-hydrogen) atoms. The van der Waals surface area contributed by atoms with Crippen molar-refractivity contribution >= 4 is 27.6 Å². The molecule has 1 aromatic carbocycles. The molecule has 0 spiro atoms. The molecule has 0 unspecified atom stereocenters. The molecule has 0 fully saturated rings. The summed E-state index contributed by atoms with van der Waals surface area (Å²) in [6.45, 7) is 1.94. The molecule has 4 nitrogen and oxygen atoms in total. The molecule has 82 valence electrons. The fraction of sp³-hybridized carbons (Fsp3) is 0.300. The SMILES string of the molecule is Cc1ccc(Br)cc1NC(=O)NN(C)C. The minimum Gasteiger partial charge on any atom is -0.307 e. The molecule has 1 aromatic rings. The first kappa shape index (κ1) is 12.0. The van der Waals surface area contributed by atoms with Crippen LogP contribution in [-0.4, -0.2) is 25.1 Å². The van der Waals surface area contributed by atoms with E-state index in [9.17, 15) is 4.79 Å². The summed E-state index contributed by atoms with van der Waals surface area (Å²) in [4.78, 5) is 11.4. The van der Waals surface area contributed by atoms with E-state index in [0.29, 0.717) is 0 Å². The summed E-state index contributed by atoms with van der Waals surface area (Å²) in [6, 6.07) is 5.49. The third-order valence-electron chi connectivity index (χ3n) is 1.77. The Kier molecular flexibility index (Phi) is 4.11. The van der Waals surface area contributed by atoms with Crippen LogP contribution in [0.2, 0.25) is 0 Å². The number of aryl methyl sites for hydroxylation is 1. The number of hydrogen-bond acceptors (Lipinski definition) is 2. The number of carbonyl (C=O) groups excluding carboxylic acids is 1. The molecule has 0 heterocycles. The lowest BCUT2D eigenvalue weighted by Crippen LogP contribution is -2.39. The monoisotopic (exact) mass is 271 g/mol. The Hall–Kier alpha value is -1.07. The lowest BCUT2D eigenvalue weighted by molar-refractivity contribution is 0.224. The van der Waals surface area contributed by atoms with Gasteiger partial charge in [0.15, 0.2) is 0 Å². The molecule has 0 atom stereocenters. The molecule has 2 amide bonds. The number of hydrogen-bond donors (Lipinski definition) is 2. The first-order valence-corrected chi connectivity index (χ1v) is 5.29. The molecule has 0 aliphatic rings. The summed E-state index contributed by atoms with van der Waals surface area (Å²) in [6.07, 6.45) is 0. The average molecular weight is 272 g/mol. The third-order valence-corrected chi connectivity index (χ3v) is 2.27. The van der Waals surface area contributed by atoms with E-state index in [-0.39, 0.29) is 6.03 Å². The van der Waals surface area contributed by atoms with Crippen LogP contribution in [0.1, 0.15) is 5.56 Å². The second-order valence-corrected chi connectivity index (χ2v) is 4.34. The number of rotatable bonds is 2. The van der Waals surface area contributed by atoms with Crippen LogP contribution in [0.3, 0.4) is 0 Å². The first-order chi connectivity index (χ1) is 6.99. The Balaban J connectivity index is 2.71. The van der Waals surface area contributed by atoms with Crippen LogP contribution < -0.4 is 10.7 Å². The van der Waals surface area contributed by atoms with Crippen molar-refractivity contribution in [2.45, 2.75) is 6.92 Å². The predicted octanol–water partition coefficient (Wildman–Crippen LogP) is 2.36. The summed E-state index contributed by atoms with van der Waals surface area (Å²) in [5, 5.41) is 4.35. The summed E-state index contributed by atoms with van der Waals surface area (Å²) in [7, 11) is 3.51. The second-order valence-electron chi connectivity index (χ2n) is 3.42. The van der Waals surface area contributed by atoms with Gasteiger partial charge in [0.2, 0.25) is 0 Å². The van der Waals surface area contributed by atoms with Crippen LogP contribution in [0.5, 0.6) is 0 Å². The van der Waals surface area contributed by atoms with Gasteiger partial charge in [-0.1, -0.05) is 22.0 Å². The average Bonchev–Trinajstić information content (AvgIpc) is 2.10. The summed E-state index contributed by atoms with van der Waals surface area (Å²) in [5.41, 5.74) is 4.42. The number of nitrogens with zero attached hydrogens (tertiary/aromatic N) is 1. The maximum absolute atomic E-state index is 11.4. The van der Waals surface area contributed by atoms with E-state index in [4.69, 9.17) is 0 Å². The lowest BCUT2D eigenvalue weighted by atomic mass is 10.2. The third kappa shape index (κ3) is 3.89. The number of amides is 2. The highest BCUT2D eigenvalue weighted by molar-refractivity contribution is 9.10. The zero-order valence-corrected chi connectivity index (χ0v) is 10.6. The number of anilines is 1. The van der Waals surface area contributed by atoms with Gasteiger partial charge >= 0.3 is 6.03 Å². The topological polar surface area (TPSA) is 44.4 Å². The molecule has 0 aliphatic carbocycles. The van der Waals surface area contributed by atoms with Gasteiger partial charge in [0, 0.05) is 24.3 Å². The molecule has 0 saturated carbocycles. The van der Waals surface area contributed by atoms with Gasteiger partial charge < -0.3 is 5.32 Å². The Morgan fingerprint density at radius 3 is 2.67 bits per heavy atom. The Labute approximate surface area is 97.7 Å². The van der Waals surface area contributed by atoms with Gasteiger partial charge in [0.25, 0.3) is 0 Å². The van der Waals surface area contributed by atoms with E-state index in [0.717, 1.165) is 15.7 Å². The molecular weight excluding hydrogens is 258 g/mol. The molecule has 1 rings (SSSR count). The highest BCUT2D eigenvalue weighted by Gasteiger charge is 2.04. The minimum absolute atomic E-state index is 0.249. The van der Waals surface area contributed by atoms with Gasteiger partial charge in [0.1, 0.15) is 0 Å². The minimum atomic E-state index is -0.249. The zero-order chi connectivity index (χ0) is 11.4. The highest BCUT2D eigenvalue weighted by Crippen LogP contribution is 2.20. The molecule has 0 aromatic heterocycles. The van der Waals surface area contributed by atoms with Crippen molar-refractivity contribution in [3.05, 3.63) is 28.2 Å². The Bertz CT molecular complexity index is 366. The van der Waals surface area contributed by atoms with Crippen molar-refractivity contribution in [3.63, 3.8) is 0 Å². The van der Waals surface area contributed by atoms with E-state index >= 15 is 0 Å². The standard InChI is InChI=1S/C10H14BrN3O/c1-7-4-5-8(11)6-9(7)12-10(15)13-14(2)3/h4-6H,1-3H3,(H2,12,13,15). The van der Waals surface area contributed by atoms with Crippen molar-refractivity contribution in [2.24, 2.45) is 0 Å². The van der Waals surface area contributed by atoms with Crippen LogP contribution in [0.4, 0.5) is 10.5 Å². The molecule has 0 aliphatic heterocycles. The second kappa shape index (κ2) is 5.14. The van der Waals surface area contributed by atoms with Crippen LogP contribution in [0.25, 0.3) is 0 Å². The van der Waals surface area contributed by atoms with Gasteiger partial charge in [-0.15, -0.1) is 0 Å². The molecule has 0 radical (unpaired) electrons. The zero-order valence-electron chi connectivity index (χ0n) is 8.97. The number of nitrogens with one attached hydrogen (secondary N) is 2. The van der Waals surface area contributed by atoms with Gasteiger partial charge in [-0.25, -0.2) is 9.80 Å². The first-order valence-electron chi connectivity index (χ1n) is 4.50. The molecular formula is C10H14BrN3O. The smallest absolute Gasteiger partial charge is 0.307 e. The van der Waals surface area contributed by atoms with E-state index < -0.39 is 0 Å². The van der Waals surface area contributed by atoms with Gasteiger partial charge in [-0.05, 0) is 24.6 Å². The van der Waals surface area contributed by atoms with E-state index in [1.165, 1.54) is 0 Å². The number of urea groups is 1. The Morgan fingerprint density at radius 1 is 1.40 bits per heavy atom. The highest BCUT2D eigenvalue weighted by atomic mass is 79.9. The van der Waals surface area contributed by atoms with Crippen LogP contribution in [0, 0.1) is 6.92 Å². The fourth-order valence-corrected chi connectivity index (χ4v) is 1.44. The summed E-state index contributed by atoms with van der Waals surface area (Å²) >= 11 is 3.35. The fourth-order valence-electron chi connectivity index (χ4n) is 1.08. The molecule has 2 N–H and O–H groups in total. The van der Waals surface area contributed by atoms with Gasteiger partial charge in [-0.3, -0.25) is 5.43 Å². The largest absolute Gasteiger partial charge is 0.333 e. The van der Waals surface area contributed by atoms with Gasteiger partial charge in [0.05, 0.1) is 0 Å². The summed E-state index contributed by atoms with van der Waals surface area (Å²) < 4.78 is 0.938. The Morgan fingerprint density at radius 2 is 2.07 bits per heavy atom. The maximum atomic E-state index is 11.4. The summed E-state index contributed by atoms with van der Waals surface area (Å²) in [5.74, 6) is 0. The van der Waals surface area contributed by atoms with Crippen molar-refractivity contribution in [1.29, 1.82) is 0 Å². The maximum Gasteiger partial charge on any atom is 0.333 e. The molecule has 0 saturated heterocycles. The normalized spacial score (nSPS) is 10.2. The van der Waals surface area contributed by atoms with E-state index in [1.807, 2.05) is 25.1 Å². The number of carbonyl (C=O) groups is 1. The van der Waals surface area contributed by atoms with E-state index in [2.05, 4.69) is 26.7 Å². The quantitative estimate of drug-likeness (QED) is 0.812. The molecule has 0 bridgehead atoms. The van der Waals surface area contributed by atoms with E-state index in [1.54, 1.807) is 19.1 Å². The van der Waals surface area contributed by atoms with Crippen LogP contribution in [0.15, 0.2) is 22.7 Å². The lowest BCUT2D eigenvalue weighted by Gasteiger charge is -2.14. The van der Waals surface area contributed by atoms with Crippen LogP contribution >= 0.6 is 15.9 Å². The predicted molar refractivity (Wildman–Crippen MR) is 64.7 cm³/mol. The number of hydrazine groups is 1. The van der Waals surface area contributed by atoms with Crippen molar-refractivity contribution in [3.8, 4) is 0 Å². The number of benzene rings is 1. The number of halogens is 1. The van der Waals surface area contributed by atoms with Gasteiger partial charge in [-0.2, -0.15) is 0 Å².